The summed E-state index contributed by atoms with van der Waals surface area (Å²) in [5, 5.41) is 9.39. The molecular formula is C23H22N6O2. The maximum atomic E-state index is 5.75. The van der Waals surface area contributed by atoms with Gasteiger partial charge in [0, 0.05) is 34.0 Å². The molecule has 0 radical (unpaired) electrons. The zero-order valence-corrected chi connectivity index (χ0v) is 18.0. The van der Waals surface area contributed by atoms with E-state index in [4.69, 9.17) is 9.26 Å². The van der Waals surface area contributed by atoms with E-state index in [1.54, 1.807) is 13.3 Å². The van der Waals surface area contributed by atoms with Crippen molar-refractivity contribution in [3.8, 4) is 16.9 Å². The van der Waals surface area contributed by atoms with Gasteiger partial charge in [-0.15, -0.1) is 0 Å². The molecule has 0 aliphatic heterocycles. The van der Waals surface area contributed by atoms with Crippen molar-refractivity contribution < 1.29 is 9.26 Å². The monoisotopic (exact) mass is 414 g/mol. The fourth-order valence-electron chi connectivity index (χ4n) is 4.02. The van der Waals surface area contributed by atoms with Crippen molar-refractivity contribution in [3.05, 3.63) is 53.4 Å². The first kappa shape index (κ1) is 19.0. The summed E-state index contributed by atoms with van der Waals surface area (Å²) in [5.74, 6) is 2.88. The van der Waals surface area contributed by atoms with Crippen molar-refractivity contribution in [1.82, 2.24) is 25.1 Å². The Bertz CT molecular complexity index is 1430. The van der Waals surface area contributed by atoms with Gasteiger partial charge in [-0.1, -0.05) is 5.16 Å². The van der Waals surface area contributed by atoms with Gasteiger partial charge in [0.1, 0.15) is 28.8 Å². The van der Waals surface area contributed by atoms with Gasteiger partial charge in [-0.3, -0.25) is 4.98 Å². The van der Waals surface area contributed by atoms with Crippen LogP contribution in [0.15, 0.2) is 35.0 Å². The average molecular weight is 414 g/mol. The average Bonchev–Trinajstić information content (AvgIpc) is 3.25. The normalized spacial score (nSPS) is 11.4. The highest BCUT2D eigenvalue weighted by Crippen LogP contribution is 2.40. The fraction of sp³-hybridized carbons (Fsp3) is 0.217. The minimum atomic E-state index is 0.672. The van der Waals surface area contributed by atoms with E-state index in [-0.39, 0.29) is 0 Å². The Labute approximate surface area is 178 Å². The molecule has 31 heavy (non-hydrogen) atoms. The molecule has 8 heteroatoms. The van der Waals surface area contributed by atoms with Crippen molar-refractivity contribution in [1.29, 1.82) is 0 Å². The Morgan fingerprint density at radius 2 is 1.90 bits per heavy atom. The molecule has 5 aromatic rings. The van der Waals surface area contributed by atoms with E-state index in [2.05, 4.69) is 36.5 Å². The van der Waals surface area contributed by atoms with E-state index in [0.29, 0.717) is 5.82 Å². The standard InChI is InChI=1S/C23H22N6O2/c1-11-8-15(6-7-24-11)27-22-21-16-10-19(30-5)17(20-12(2)29-31-13(20)3)9-18(16)28-23(21)26-14(4)25-22/h6-10H,1-5H3,(H2,24,25,26,27,28). The summed E-state index contributed by atoms with van der Waals surface area (Å²) < 4.78 is 11.1. The van der Waals surface area contributed by atoms with Gasteiger partial charge in [0.15, 0.2) is 0 Å². The van der Waals surface area contributed by atoms with Crippen LogP contribution in [0, 0.1) is 27.7 Å². The fourth-order valence-corrected chi connectivity index (χ4v) is 4.02. The Morgan fingerprint density at radius 1 is 1.06 bits per heavy atom. The number of aromatic amines is 1. The van der Waals surface area contributed by atoms with Crippen molar-refractivity contribution in [3.63, 3.8) is 0 Å². The maximum Gasteiger partial charge on any atom is 0.144 e. The van der Waals surface area contributed by atoms with Crippen LogP contribution in [0.4, 0.5) is 11.5 Å². The van der Waals surface area contributed by atoms with Crippen LogP contribution >= 0.6 is 0 Å². The lowest BCUT2D eigenvalue weighted by Crippen LogP contribution is -1.99. The van der Waals surface area contributed by atoms with Gasteiger partial charge in [-0.2, -0.15) is 0 Å². The van der Waals surface area contributed by atoms with Crippen LogP contribution in [-0.2, 0) is 0 Å². The van der Waals surface area contributed by atoms with Crippen LogP contribution in [0.5, 0.6) is 5.75 Å². The number of hydrogen-bond acceptors (Lipinski definition) is 7. The molecule has 1 aromatic carbocycles. The molecule has 4 heterocycles. The summed E-state index contributed by atoms with van der Waals surface area (Å²) in [6.45, 7) is 7.66. The molecule has 0 amide bonds. The van der Waals surface area contributed by atoms with Gasteiger partial charge < -0.3 is 19.6 Å². The number of benzene rings is 1. The summed E-state index contributed by atoms with van der Waals surface area (Å²) in [6.07, 6.45) is 1.77. The topological polar surface area (TPSA) is 102 Å². The number of nitrogens with zero attached hydrogens (tertiary/aromatic N) is 4. The highest BCUT2D eigenvalue weighted by atomic mass is 16.5. The predicted octanol–water partition coefficient (Wildman–Crippen LogP) is 5.15. The van der Waals surface area contributed by atoms with Crippen LogP contribution in [0.3, 0.4) is 0 Å². The molecule has 156 valence electrons. The largest absolute Gasteiger partial charge is 0.496 e. The predicted molar refractivity (Wildman–Crippen MR) is 120 cm³/mol. The number of methoxy groups -OCH3 is 1. The third kappa shape index (κ3) is 3.16. The van der Waals surface area contributed by atoms with E-state index in [1.165, 1.54) is 0 Å². The molecule has 0 aliphatic rings. The molecule has 8 nitrogen and oxygen atoms in total. The van der Waals surface area contributed by atoms with E-state index in [1.807, 2.05) is 45.9 Å². The van der Waals surface area contributed by atoms with Crippen molar-refractivity contribution in [2.45, 2.75) is 27.7 Å². The molecule has 0 bridgehead atoms. The third-order valence-corrected chi connectivity index (χ3v) is 5.34. The van der Waals surface area contributed by atoms with E-state index in [0.717, 1.165) is 67.5 Å². The molecule has 4 aromatic heterocycles. The summed E-state index contributed by atoms with van der Waals surface area (Å²) in [6, 6.07) is 7.96. The molecule has 5 rings (SSSR count). The maximum absolute atomic E-state index is 5.75. The van der Waals surface area contributed by atoms with Crippen LogP contribution in [0.25, 0.3) is 33.1 Å². The van der Waals surface area contributed by atoms with Crippen molar-refractivity contribution in [2.24, 2.45) is 0 Å². The quantitative estimate of drug-likeness (QED) is 0.419. The number of aromatic nitrogens is 5. The van der Waals surface area contributed by atoms with Crippen molar-refractivity contribution >= 4 is 33.4 Å². The number of rotatable bonds is 4. The SMILES string of the molecule is COc1cc2c(cc1-c1c(C)noc1C)[nH]c1nc(C)nc(Nc3ccnc(C)c3)c12. The summed E-state index contributed by atoms with van der Waals surface area (Å²) in [4.78, 5) is 17.0. The van der Waals surface area contributed by atoms with Crippen LogP contribution in [-0.4, -0.2) is 32.2 Å². The number of hydrogen-bond donors (Lipinski definition) is 2. The lowest BCUT2D eigenvalue weighted by Gasteiger charge is -2.10. The Hall–Kier alpha value is -3.94. The van der Waals surface area contributed by atoms with Gasteiger partial charge in [0.25, 0.3) is 0 Å². The third-order valence-electron chi connectivity index (χ3n) is 5.34. The van der Waals surface area contributed by atoms with Crippen LogP contribution in [0.2, 0.25) is 0 Å². The number of H-pyrrole nitrogens is 1. The van der Waals surface area contributed by atoms with Crippen LogP contribution < -0.4 is 10.1 Å². The zero-order valence-electron chi connectivity index (χ0n) is 18.0. The molecule has 0 saturated carbocycles. The molecule has 0 aliphatic carbocycles. The first-order valence-electron chi connectivity index (χ1n) is 9.95. The second-order valence-corrected chi connectivity index (χ2v) is 7.58. The smallest absolute Gasteiger partial charge is 0.144 e. The Morgan fingerprint density at radius 3 is 2.61 bits per heavy atom. The molecular weight excluding hydrogens is 392 g/mol. The highest BCUT2D eigenvalue weighted by molar-refractivity contribution is 6.13. The van der Waals surface area contributed by atoms with Gasteiger partial charge in [-0.05, 0) is 52.0 Å². The summed E-state index contributed by atoms with van der Waals surface area (Å²) >= 11 is 0. The Balaban J connectivity index is 1.76. The first-order chi connectivity index (χ1) is 14.9. The summed E-state index contributed by atoms with van der Waals surface area (Å²) in [7, 11) is 1.66. The first-order valence-corrected chi connectivity index (χ1v) is 9.95. The number of ether oxygens (including phenoxy) is 1. The van der Waals surface area contributed by atoms with E-state index < -0.39 is 0 Å². The minimum absolute atomic E-state index is 0.672. The summed E-state index contributed by atoms with van der Waals surface area (Å²) in [5.41, 5.74) is 6.20. The minimum Gasteiger partial charge on any atom is -0.496 e. The second-order valence-electron chi connectivity index (χ2n) is 7.58. The molecule has 0 unspecified atom stereocenters. The number of fused-ring (bicyclic) bond motifs is 3. The van der Waals surface area contributed by atoms with E-state index >= 15 is 0 Å². The lowest BCUT2D eigenvalue weighted by molar-refractivity contribution is 0.393. The molecule has 0 atom stereocenters. The van der Waals surface area contributed by atoms with Gasteiger partial charge >= 0.3 is 0 Å². The number of pyridine rings is 1. The number of aryl methyl sites for hydroxylation is 4. The number of anilines is 2. The highest BCUT2D eigenvalue weighted by Gasteiger charge is 2.20. The van der Waals surface area contributed by atoms with Crippen molar-refractivity contribution in [2.75, 3.05) is 12.4 Å². The zero-order chi connectivity index (χ0) is 21.7. The second kappa shape index (κ2) is 7.09. The molecule has 0 saturated heterocycles. The lowest BCUT2D eigenvalue weighted by atomic mass is 10.0. The number of nitrogens with one attached hydrogen (secondary N) is 2. The van der Waals surface area contributed by atoms with Gasteiger partial charge in [0.05, 0.1) is 23.8 Å². The molecule has 0 fully saturated rings. The van der Waals surface area contributed by atoms with Crippen LogP contribution in [0.1, 0.15) is 23.0 Å². The Kier molecular flexibility index (Phi) is 4.35. The van der Waals surface area contributed by atoms with E-state index in [9.17, 15) is 0 Å². The van der Waals surface area contributed by atoms with Gasteiger partial charge in [0.2, 0.25) is 0 Å². The molecule has 2 N–H and O–H groups in total. The van der Waals surface area contributed by atoms with Gasteiger partial charge in [-0.25, -0.2) is 9.97 Å². The molecule has 0 spiro atoms.